The average Bonchev–Trinajstić information content (AvgIpc) is 2.78. The number of hydrogen-bond donors (Lipinski definition) is 0. The van der Waals surface area contributed by atoms with Crippen molar-refractivity contribution in [3.63, 3.8) is 0 Å². The molecule has 1 aliphatic rings. The van der Waals surface area contributed by atoms with E-state index in [1.54, 1.807) is 0 Å². The number of alkyl halides is 1. The molecule has 0 bridgehead atoms. The summed E-state index contributed by atoms with van der Waals surface area (Å²) in [6, 6.07) is 6.57. The fraction of sp³-hybridized carbons (Fsp3) is 0.588. The van der Waals surface area contributed by atoms with E-state index < -0.39 is 0 Å². The summed E-state index contributed by atoms with van der Waals surface area (Å²) in [6.07, 6.45) is 5.79. The monoisotopic (exact) mass is 324 g/mol. The third-order valence-corrected chi connectivity index (χ3v) is 5.10. The van der Waals surface area contributed by atoms with Crippen molar-refractivity contribution in [2.75, 3.05) is 5.88 Å². The molecule has 21 heavy (non-hydrogen) atoms. The van der Waals surface area contributed by atoms with Crippen LogP contribution >= 0.6 is 23.2 Å². The van der Waals surface area contributed by atoms with Gasteiger partial charge in [-0.05, 0) is 36.8 Å². The minimum absolute atomic E-state index is 0.399. The largest absolute Gasteiger partial charge is 0.325 e. The normalized spacial score (nSPS) is 21.8. The fourth-order valence-electron chi connectivity index (χ4n) is 3.68. The van der Waals surface area contributed by atoms with Gasteiger partial charge in [-0.1, -0.05) is 37.9 Å². The van der Waals surface area contributed by atoms with Crippen LogP contribution in [-0.4, -0.2) is 15.4 Å². The summed E-state index contributed by atoms with van der Waals surface area (Å²) in [6.45, 7) is 4.74. The number of hydrogen-bond acceptors (Lipinski definition) is 1. The lowest BCUT2D eigenvalue weighted by molar-refractivity contribution is 0.184. The maximum Gasteiger partial charge on any atom is 0.111 e. The predicted octanol–water partition coefficient (Wildman–Crippen LogP) is 5.61. The Hall–Kier alpha value is -0.730. The van der Waals surface area contributed by atoms with Gasteiger partial charge in [0.25, 0.3) is 0 Å². The zero-order chi connectivity index (χ0) is 15.0. The van der Waals surface area contributed by atoms with Crippen molar-refractivity contribution in [1.82, 2.24) is 9.55 Å². The van der Waals surface area contributed by atoms with Crippen molar-refractivity contribution in [3.8, 4) is 0 Å². The Bertz CT molecular complexity index is 646. The summed E-state index contributed by atoms with van der Waals surface area (Å²) in [7, 11) is 0. The van der Waals surface area contributed by atoms with Crippen molar-refractivity contribution < 1.29 is 0 Å². The topological polar surface area (TPSA) is 17.8 Å². The first-order valence-electron chi connectivity index (χ1n) is 7.73. The number of imidazole rings is 1. The Morgan fingerprint density at radius 2 is 2.19 bits per heavy atom. The smallest absolute Gasteiger partial charge is 0.111 e. The molecular formula is C17H22Cl2N2. The van der Waals surface area contributed by atoms with Crippen LogP contribution < -0.4 is 0 Å². The second kappa shape index (κ2) is 5.81. The number of para-hydroxylation sites is 1. The molecule has 1 heterocycles. The van der Waals surface area contributed by atoms with Crippen molar-refractivity contribution in [1.29, 1.82) is 0 Å². The van der Waals surface area contributed by atoms with E-state index in [4.69, 9.17) is 28.2 Å². The van der Waals surface area contributed by atoms with Crippen molar-refractivity contribution in [2.45, 2.75) is 52.0 Å². The molecule has 0 N–H and O–H groups in total. The number of halogens is 2. The molecule has 0 saturated heterocycles. The lowest BCUT2D eigenvalue weighted by Crippen LogP contribution is -2.26. The van der Waals surface area contributed by atoms with Crippen molar-refractivity contribution in [3.05, 3.63) is 29.0 Å². The average molecular weight is 325 g/mol. The first-order valence-corrected chi connectivity index (χ1v) is 8.64. The van der Waals surface area contributed by atoms with Gasteiger partial charge >= 0.3 is 0 Å². The summed E-state index contributed by atoms with van der Waals surface area (Å²) < 4.78 is 2.41. The number of rotatable bonds is 3. The van der Waals surface area contributed by atoms with Crippen LogP contribution in [0.15, 0.2) is 18.2 Å². The molecule has 1 unspecified atom stereocenters. The highest BCUT2D eigenvalue weighted by Crippen LogP contribution is 2.43. The van der Waals surface area contributed by atoms with Crippen molar-refractivity contribution >= 4 is 34.2 Å². The van der Waals surface area contributed by atoms with E-state index in [1.807, 2.05) is 12.1 Å². The molecule has 1 aliphatic carbocycles. The van der Waals surface area contributed by atoms with Gasteiger partial charge in [0.1, 0.15) is 11.3 Å². The number of benzene rings is 1. The van der Waals surface area contributed by atoms with Crippen LogP contribution in [0, 0.1) is 5.41 Å². The molecule has 0 aliphatic heterocycles. The summed E-state index contributed by atoms with van der Waals surface area (Å²) in [5.41, 5.74) is 2.48. The van der Waals surface area contributed by atoms with Crippen LogP contribution in [0.2, 0.25) is 5.02 Å². The van der Waals surface area contributed by atoms with Gasteiger partial charge in [-0.15, -0.1) is 11.6 Å². The van der Waals surface area contributed by atoms with Gasteiger partial charge in [0, 0.05) is 18.3 Å². The summed E-state index contributed by atoms with van der Waals surface area (Å²) in [4.78, 5) is 4.77. The van der Waals surface area contributed by atoms with E-state index in [9.17, 15) is 0 Å². The Morgan fingerprint density at radius 1 is 1.38 bits per heavy atom. The Kier molecular flexibility index (Phi) is 4.20. The van der Waals surface area contributed by atoms with E-state index in [1.165, 1.54) is 25.7 Å². The molecule has 1 fully saturated rings. The van der Waals surface area contributed by atoms with Gasteiger partial charge in [-0.25, -0.2) is 4.98 Å². The first kappa shape index (κ1) is 15.2. The molecule has 3 rings (SSSR count). The molecule has 0 radical (unpaired) electrons. The maximum atomic E-state index is 6.33. The Balaban J connectivity index is 2.11. The zero-order valence-electron chi connectivity index (χ0n) is 12.7. The highest BCUT2D eigenvalue weighted by Gasteiger charge is 2.31. The fourth-order valence-corrected chi connectivity index (χ4v) is 4.06. The van der Waals surface area contributed by atoms with Gasteiger partial charge in [0.2, 0.25) is 0 Å². The lowest BCUT2D eigenvalue weighted by Gasteiger charge is -2.36. The van der Waals surface area contributed by atoms with E-state index in [-0.39, 0.29) is 0 Å². The Labute approximate surface area is 136 Å². The van der Waals surface area contributed by atoms with Gasteiger partial charge < -0.3 is 4.57 Å². The minimum Gasteiger partial charge on any atom is -0.325 e. The molecule has 114 valence electrons. The van der Waals surface area contributed by atoms with Crippen molar-refractivity contribution in [2.24, 2.45) is 5.41 Å². The molecule has 0 amide bonds. The van der Waals surface area contributed by atoms with Gasteiger partial charge in [-0.2, -0.15) is 0 Å². The molecule has 2 aromatic rings. The van der Waals surface area contributed by atoms with Crippen LogP contribution in [0.25, 0.3) is 11.0 Å². The quantitative estimate of drug-likeness (QED) is 0.670. The highest BCUT2D eigenvalue weighted by atomic mass is 35.5. The molecule has 1 aromatic carbocycles. The van der Waals surface area contributed by atoms with Crippen LogP contribution in [0.3, 0.4) is 0 Å². The SMILES string of the molecule is CC1(C)CCCC(n2c(CCCl)nc3c(Cl)cccc32)C1. The summed E-state index contributed by atoms with van der Waals surface area (Å²) >= 11 is 12.3. The van der Waals surface area contributed by atoms with Gasteiger partial charge in [-0.3, -0.25) is 0 Å². The van der Waals surface area contributed by atoms with E-state index in [0.717, 1.165) is 28.3 Å². The van der Waals surface area contributed by atoms with E-state index in [0.29, 0.717) is 17.3 Å². The number of aromatic nitrogens is 2. The predicted molar refractivity (Wildman–Crippen MR) is 90.5 cm³/mol. The number of fused-ring (bicyclic) bond motifs is 1. The minimum atomic E-state index is 0.399. The molecule has 4 heteroatoms. The molecule has 1 atom stereocenters. The van der Waals surface area contributed by atoms with Gasteiger partial charge in [0.15, 0.2) is 0 Å². The van der Waals surface area contributed by atoms with Crippen LogP contribution in [0.4, 0.5) is 0 Å². The standard InChI is InChI=1S/C17H22Cl2N2/c1-17(2)9-4-5-12(11-17)21-14-7-3-6-13(19)16(14)20-15(21)8-10-18/h3,6-7,12H,4-5,8-11H2,1-2H3. The zero-order valence-corrected chi connectivity index (χ0v) is 14.2. The molecule has 0 spiro atoms. The third-order valence-electron chi connectivity index (χ3n) is 4.61. The molecule has 1 saturated carbocycles. The number of aryl methyl sites for hydroxylation is 1. The van der Waals surface area contributed by atoms with E-state index in [2.05, 4.69) is 24.5 Å². The maximum absolute atomic E-state index is 6.33. The second-order valence-corrected chi connectivity index (χ2v) is 7.64. The molecular weight excluding hydrogens is 303 g/mol. The summed E-state index contributed by atoms with van der Waals surface area (Å²) in [5, 5.41) is 0.733. The van der Waals surface area contributed by atoms with Gasteiger partial charge in [0.05, 0.1) is 10.5 Å². The second-order valence-electron chi connectivity index (χ2n) is 6.86. The molecule has 1 aromatic heterocycles. The third kappa shape index (κ3) is 2.93. The highest BCUT2D eigenvalue weighted by molar-refractivity contribution is 6.34. The van der Waals surface area contributed by atoms with Crippen LogP contribution in [-0.2, 0) is 6.42 Å². The number of nitrogens with zero attached hydrogens (tertiary/aromatic N) is 2. The lowest BCUT2D eigenvalue weighted by atomic mass is 9.75. The first-order chi connectivity index (χ1) is 10.0. The van der Waals surface area contributed by atoms with Crippen LogP contribution in [0.5, 0.6) is 0 Å². The summed E-state index contributed by atoms with van der Waals surface area (Å²) in [5.74, 6) is 1.67. The molecule has 2 nitrogen and oxygen atoms in total. The Morgan fingerprint density at radius 3 is 2.90 bits per heavy atom. The van der Waals surface area contributed by atoms with E-state index >= 15 is 0 Å². The van der Waals surface area contributed by atoms with Crippen LogP contribution in [0.1, 0.15) is 51.4 Å².